The summed E-state index contributed by atoms with van der Waals surface area (Å²) in [5, 5.41) is 16.6. The van der Waals surface area contributed by atoms with Crippen molar-refractivity contribution in [1.82, 2.24) is 10.6 Å². The number of non-ortho nitro benzene ring substituents is 1. The number of hydrogen-bond donors (Lipinski definition) is 2. The van der Waals surface area contributed by atoms with Gasteiger partial charge in [-0.25, -0.2) is 0 Å². The normalized spacial score (nSPS) is 10.3. The summed E-state index contributed by atoms with van der Waals surface area (Å²) < 4.78 is 0. The van der Waals surface area contributed by atoms with Gasteiger partial charge in [-0.05, 0) is 24.3 Å². The Morgan fingerprint density at radius 3 is 2.38 bits per heavy atom. The molecular formula is C17H19N3O3S. The molecule has 0 atom stereocenters. The average Bonchev–Trinajstić information content (AvgIpc) is 2.61. The molecule has 0 spiro atoms. The maximum Gasteiger partial charge on any atom is 0.269 e. The monoisotopic (exact) mass is 345 g/mol. The fourth-order valence-electron chi connectivity index (χ4n) is 1.98. The Labute approximate surface area is 144 Å². The second kappa shape index (κ2) is 9.69. The molecule has 0 aliphatic carbocycles. The minimum atomic E-state index is -0.487. The van der Waals surface area contributed by atoms with Crippen LogP contribution in [0.5, 0.6) is 0 Å². The highest BCUT2D eigenvalue weighted by Crippen LogP contribution is 2.15. The van der Waals surface area contributed by atoms with Crippen LogP contribution in [0.4, 0.5) is 5.69 Å². The second-order valence-corrected chi connectivity index (χ2v) is 6.14. The fraction of sp³-hybridized carbons (Fsp3) is 0.235. The highest BCUT2D eigenvalue weighted by atomic mass is 32.2. The number of carbonyl (C=O) groups excluding carboxylic acids is 1. The predicted molar refractivity (Wildman–Crippen MR) is 95.5 cm³/mol. The van der Waals surface area contributed by atoms with Crippen molar-refractivity contribution in [2.24, 2.45) is 0 Å². The Morgan fingerprint density at radius 1 is 1.00 bits per heavy atom. The van der Waals surface area contributed by atoms with Gasteiger partial charge in [0, 0.05) is 48.0 Å². The number of nitrogens with one attached hydrogen (secondary N) is 2. The SMILES string of the molecule is O=C(NCCNCCSc1ccccc1)c1ccc([N+](=O)[O-])cc1. The molecule has 0 aliphatic rings. The van der Waals surface area contributed by atoms with Crippen LogP contribution in [0.3, 0.4) is 0 Å². The van der Waals surface area contributed by atoms with Gasteiger partial charge in [0.05, 0.1) is 4.92 Å². The lowest BCUT2D eigenvalue weighted by Crippen LogP contribution is -2.32. The first-order valence-electron chi connectivity index (χ1n) is 7.58. The number of nitro benzene ring substituents is 1. The topological polar surface area (TPSA) is 84.3 Å². The van der Waals surface area contributed by atoms with Crippen LogP contribution in [-0.4, -0.2) is 36.2 Å². The van der Waals surface area contributed by atoms with Crippen LogP contribution in [0.25, 0.3) is 0 Å². The molecule has 2 N–H and O–H groups in total. The van der Waals surface area contributed by atoms with E-state index in [2.05, 4.69) is 22.8 Å². The average molecular weight is 345 g/mol. The first-order valence-corrected chi connectivity index (χ1v) is 8.56. The maximum atomic E-state index is 11.9. The van der Waals surface area contributed by atoms with Gasteiger partial charge >= 0.3 is 0 Å². The molecule has 1 amide bonds. The third kappa shape index (κ3) is 6.02. The number of rotatable bonds is 9. The molecule has 2 aromatic carbocycles. The van der Waals surface area contributed by atoms with E-state index in [1.807, 2.05) is 18.2 Å². The van der Waals surface area contributed by atoms with Gasteiger partial charge in [-0.15, -0.1) is 11.8 Å². The molecule has 0 unspecified atom stereocenters. The lowest BCUT2D eigenvalue weighted by atomic mass is 10.2. The van der Waals surface area contributed by atoms with E-state index < -0.39 is 4.92 Å². The second-order valence-electron chi connectivity index (χ2n) is 4.97. The van der Waals surface area contributed by atoms with Gasteiger partial charge in [0.2, 0.25) is 0 Å². The number of hydrogen-bond acceptors (Lipinski definition) is 5. The first-order chi connectivity index (χ1) is 11.7. The summed E-state index contributed by atoms with van der Waals surface area (Å²) in [7, 11) is 0. The summed E-state index contributed by atoms with van der Waals surface area (Å²) in [6, 6.07) is 15.8. The van der Waals surface area contributed by atoms with E-state index in [0.717, 1.165) is 12.3 Å². The quantitative estimate of drug-likeness (QED) is 0.316. The van der Waals surface area contributed by atoms with Crippen molar-refractivity contribution in [3.05, 3.63) is 70.3 Å². The van der Waals surface area contributed by atoms with Gasteiger partial charge in [0.25, 0.3) is 11.6 Å². The Balaban J connectivity index is 1.58. The summed E-state index contributed by atoms with van der Waals surface area (Å²) >= 11 is 1.78. The van der Waals surface area contributed by atoms with Crippen molar-refractivity contribution in [2.75, 3.05) is 25.4 Å². The molecule has 0 heterocycles. The molecule has 0 saturated carbocycles. The van der Waals surface area contributed by atoms with Crippen molar-refractivity contribution in [1.29, 1.82) is 0 Å². The van der Waals surface area contributed by atoms with Crippen molar-refractivity contribution in [2.45, 2.75) is 4.90 Å². The number of nitrogens with zero attached hydrogens (tertiary/aromatic N) is 1. The van der Waals surface area contributed by atoms with E-state index in [4.69, 9.17) is 0 Å². The van der Waals surface area contributed by atoms with Crippen LogP contribution in [0, 0.1) is 10.1 Å². The lowest BCUT2D eigenvalue weighted by Gasteiger charge is -2.07. The van der Waals surface area contributed by atoms with Gasteiger partial charge in [0.15, 0.2) is 0 Å². The van der Waals surface area contributed by atoms with E-state index in [1.54, 1.807) is 11.8 Å². The van der Waals surface area contributed by atoms with Crippen LogP contribution in [0.15, 0.2) is 59.5 Å². The molecule has 0 bridgehead atoms. The maximum absolute atomic E-state index is 11.9. The van der Waals surface area contributed by atoms with Gasteiger partial charge in [-0.1, -0.05) is 18.2 Å². The Kier molecular flexibility index (Phi) is 7.25. The van der Waals surface area contributed by atoms with Crippen LogP contribution in [0.2, 0.25) is 0 Å². The third-order valence-electron chi connectivity index (χ3n) is 3.22. The lowest BCUT2D eigenvalue weighted by molar-refractivity contribution is -0.384. The Morgan fingerprint density at radius 2 is 1.71 bits per heavy atom. The number of amides is 1. The highest BCUT2D eigenvalue weighted by molar-refractivity contribution is 7.99. The Hall–Kier alpha value is -2.38. The number of thioether (sulfide) groups is 1. The summed E-state index contributed by atoms with van der Waals surface area (Å²) in [4.78, 5) is 23.2. The van der Waals surface area contributed by atoms with Crippen LogP contribution in [0.1, 0.15) is 10.4 Å². The third-order valence-corrected chi connectivity index (χ3v) is 4.23. The van der Waals surface area contributed by atoms with E-state index >= 15 is 0 Å². The number of carbonyl (C=O) groups is 1. The highest BCUT2D eigenvalue weighted by Gasteiger charge is 2.08. The molecule has 6 nitrogen and oxygen atoms in total. The first kappa shape index (κ1) is 18.0. The summed E-state index contributed by atoms with van der Waals surface area (Å²) in [6.45, 7) is 2.03. The van der Waals surface area contributed by atoms with Crippen LogP contribution in [-0.2, 0) is 0 Å². The summed E-state index contributed by atoms with van der Waals surface area (Å²) in [5.41, 5.74) is 0.393. The van der Waals surface area contributed by atoms with Crippen molar-refractivity contribution in [3.8, 4) is 0 Å². The van der Waals surface area contributed by atoms with Gasteiger partial charge in [-0.3, -0.25) is 14.9 Å². The van der Waals surface area contributed by atoms with E-state index in [1.165, 1.54) is 29.2 Å². The smallest absolute Gasteiger partial charge is 0.269 e. The standard InChI is InChI=1S/C17H19N3O3S/c21-17(14-6-8-15(9-7-14)20(22)23)19-11-10-18-12-13-24-16-4-2-1-3-5-16/h1-9,18H,10-13H2,(H,19,21). The molecule has 2 rings (SSSR count). The van der Waals surface area contributed by atoms with Crippen LogP contribution >= 0.6 is 11.8 Å². The fourth-order valence-corrected chi connectivity index (χ4v) is 2.82. The van der Waals surface area contributed by atoms with E-state index in [-0.39, 0.29) is 11.6 Å². The largest absolute Gasteiger partial charge is 0.351 e. The predicted octanol–water partition coefficient (Wildman–Crippen LogP) is 2.71. The summed E-state index contributed by atoms with van der Waals surface area (Å²) in [6.07, 6.45) is 0. The van der Waals surface area contributed by atoms with Gasteiger partial charge in [0.1, 0.15) is 0 Å². The zero-order valence-electron chi connectivity index (χ0n) is 13.1. The number of nitro groups is 1. The van der Waals surface area contributed by atoms with Gasteiger partial charge < -0.3 is 10.6 Å². The minimum Gasteiger partial charge on any atom is -0.351 e. The van der Waals surface area contributed by atoms with Crippen molar-refractivity contribution in [3.63, 3.8) is 0 Å². The number of benzene rings is 2. The molecule has 0 aliphatic heterocycles. The van der Waals surface area contributed by atoms with Crippen LogP contribution < -0.4 is 10.6 Å². The molecule has 0 saturated heterocycles. The zero-order valence-corrected chi connectivity index (χ0v) is 13.9. The molecule has 2 aromatic rings. The van der Waals surface area contributed by atoms with Gasteiger partial charge in [-0.2, -0.15) is 0 Å². The summed E-state index contributed by atoms with van der Waals surface area (Å²) in [5.74, 6) is 0.727. The molecule has 0 fully saturated rings. The van der Waals surface area contributed by atoms with E-state index in [9.17, 15) is 14.9 Å². The molecule has 0 radical (unpaired) electrons. The Bertz CT molecular complexity index is 663. The van der Waals surface area contributed by atoms with Crippen molar-refractivity contribution >= 4 is 23.4 Å². The molecule has 0 aromatic heterocycles. The molecule has 7 heteroatoms. The minimum absolute atomic E-state index is 0.0240. The van der Waals surface area contributed by atoms with Crippen molar-refractivity contribution < 1.29 is 9.72 Å². The molecule has 24 heavy (non-hydrogen) atoms. The molecular weight excluding hydrogens is 326 g/mol. The molecule has 126 valence electrons. The van der Waals surface area contributed by atoms with E-state index in [0.29, 0.717) is 18.7 Å². The zero-order chi connectivity index (χ0) is 17.2.